The van der Waals surface area contributed by atoms with E-state index in [1.165, 1.54) is 16.4 Å². The van der Waals surface area contributed by atoms with Crippen LogP contribution < -0.4 is 10.6 Å². The first-order chi connectivity index (χ1) is 14.8. The monoisotopic (exact) mass is 447 g/mol. The summed E-state index contributed by atoms with van der Waals surface area (Å²) in [5, 5.41) is 5.09. The Bertz CT molecular complexity index is 1020. The van der Waals surface area contributed by atoms with Crippen molar-refractivity contribution < 1.29 is 22.4 Å². The minimum absolute atomic E-state index is 0.0438. The van der Waals surface area contributed by atoms with Gasteiger partial charge >= 0.3 is 11.8 Å². The number of aryl methyl sites for hydroxylation is 1. The zero-order valence-corrected chi connectivity index (χ0v) is 18.1. The maximum Gasteiger partial charge on any atom is 0.313 e. The zero-order chi connectivity index (χ0) is 22.4. The summed E-state index contributed by atoms with van der Waals surface area (Å²) in [6.45, 7) is 2.45. The Morgan fingerprint density at radius 1 is 1.03 bits per heavy atom. The molecule has 2 aromatic rings. The van der Waals surface area contributed by atoms with Crippen molar-refractivity contribution in [3.05, 3.63) is 59.9 Å². The summed E-state index contributed by atoms with van der Waals surface area (Å²) >= 11 is 0. The van der Waals surface area contributed by atoms with Gasteiger partial charge in [0.05, 0.1) is 4.90 Å². The molecule has 0 aromatic heterocycles. The van der Waals surface area contributed by atoms with Gasteiger partial charge in [-0.2, -0.15) is 4.31 Å². The maximum atomic E-state index is 13.2. The van der Waals surface area contributed by atoms with Crippen LogP contribution in [0.4, 0.5) is 10.1 Å². The lowest BCUT2D eigenvalue weighted by molar-refractivity contribution is -0.136. The molecular weight excluding hydrogens is 421 g/mol. The fourth-order valence-corrected chi connectivity index (χ4v) is 5.30. The van der Waals surface area contributed by atoms with Gasteiger partial charge < -0.3 is 10.6 Å². The first-order valence-electron chi connectivity index (χ1n) is 10.2. The van der Waals surface area contributed by atoms with E-state index >= 15 is 0 Å². The Morgan fingerprint density at radius 3 is 2.39 bits per heavy atom. The van der Waals surface area contributed by atoms with Gasteiger partial charge in [-0.25, -0.2) is 12.8 Å². The highest BCUT2D eigenvalue weighted by molar-refractivity contribution is 7.89. The molecule has 31 heavy (non-hydrogen) atoms. The average molecular weight is 448 g/mol. The normalized spacial score (nSPS) is 17.2. The fourth-order valence-electron chi connectivity index (χ4n) is 3.58. The van der Waals surface area contributed by atoms with Gasteiger partial charge in [0.1, 0.15) is 5.82 Å². The number of rotatable bonds is 6. The van der Waals surface area contributed by atoms with E-state index in [1.807, 2.05) is 19.1 Å². The number of halogens is 1. The summed E-state index contributed by atoms with van der Waals surface area (Å²) in [5.41, 5.74) is 1.56. The molecule has 7 nitrogen and oxygen atoms in total. The number of hydrogen-bond acceptors (Lipinski definition) is 4. The van der Waals surface area contributed by atoms with Gasteiger partial charge in [-0.1, -0.05) is 24.1 Å². The highest BCUT2D eigenvalue weighted by Crippen LogP contribution is 2.27. The van der Waals surface area contributed by atoms with Crippen LogP contribution in [0.15, 0.2) is 53.4 Å². The molecule has 1 atom stereocenters. The molecule has 0 radical (unpaired) electrons. The summed E-state index contributed by atoms with van der Waals surface area (Å²) in [5.74, 6) is -2.05. The number of benzene rings is 2. The van der Waals surface area contributed by atoms with Crippen LogP contribution in [0.25, 0.3) is 0 Å². The molecule has 1 saturated heterocycles. The molecule has 2 amide bonds. The molecule has 3 rings (SSSR count). The molecule has 1 aliphatic heterocycles. The van der Waals surface area contributed by atoms with Crippen molar-refractivity contribution in [3.63, 3.8) is 0 Å². The van der Waals surface area contributed by atoms with Crippen molar-refractivity contribution >= 4 is 27.5 Å². The molecule has 0 saturated carbocycles. The predicted molar refractivity (Wildman–Crippen MR) is 115 cm³/mol. The summed E-state index contributed by atoms with van der Waals surface area (Å²) < 4.78 is 40.6. The van der Waals surface area contributed by atoms with Crippen LogP contribution in [0.1, 0.15) is 31.2 Å². The van der Waals surface area contributed by atoms with Crippen LogP contribution in [0.5, 0.6) is 0 Å². The van der Waals surface area contributed by atoms with Gasteiger partial charge in [-0.3, -0.25) is 9.59 Å². The second-order valence-electron chi connectivity index (χ2n) is 7.58. The number of piperidine rings is 1. The Labute approximate surface area is 181 Å². The van der Waals surface area contributed by atoms with E-state index in [2.05, 4.69) is 10.6 Å². The number of nitrogens with one attached hydrogen (secondary N) is 2. The van der Waals surface area contributed by atoms with Gasteiger partial charge in [-0.15, -0.1) is 0 Å². The number of anilines is 1. The lowest BCUT2D eigenvalue weighted by atomic mass is 10.0. The van der Waals surface area contributed by atoms with E-state index in [9.17, 15) is 22.4 Å². The SMILES string of the molecule is Cc1ccc(NC(=O)C(=O)NCC[C@@H]2CCCCN2S(=O)(=O)c2ccc(F)cc2)cc1. The van der Waals surface area contributed by atoms with Crippen molar-refractivity contribution in [2.24, 2.45) is 0 Å². The van der Waals surface area contributed by atoms with Crippen LogP contribution in [-0.2, 0) is 19.6 Å². The number of amides is 2. The maximum absolute atomic E-state index is 13.2. The fraction of sp³-hybridized carbons (Fsp3) is 0.364. The van der Waals surface area contributed by atoms with Gasteiger partial charge in [0.15, 0.2) is 0 Å². The van der Waals surface area contributed by atoms with E-state index in [0.29, 0.717) is 25.1 Å². The number of hydrogen-bond donors (Lipinski definition) is 2. The molecule has 1 heterocycles. The number of nitrogens with zero attached hydrogens (tertiary/aromatic N) is 1. The summed E-state index contributed by atoms with van der Waals surface area (Å²) in [6.07, 6.45) is 2.65. The van der Waals surface area contributed by atoms with Crippen LogP contribution in [0.3, 0.4) is 0 Å². The second kappa shape index (κ2) is 10.0. The Hall–Kier alpha value is -2.78. The highest BCUT2D eigenvalue weighted by atomic mass is 32.2. The minimum Gasteiger partial charge on any atom is -0.348 e. The molecule has 2 aromatic carbocycles. The van der Waals surface area contributed by atoms with Crippen molar-refractivity contribution in [3.8, 4) is 0 Å². The number of sulfonamides is 1. The smallest absolute Gasteiger partial charge is 0.313 e. The first-order valence-corrected chi connectivity index (χ1v) is 11.6. The lowest BCUT2D eigenvalue weighted by Crippen LogP contribution is -2.45. The quantitative estimate of drug-likeness (QED) is 0.666. The van der Waals surface area contributed by atoms with Crippen LogP contribution >= 0.6 is 0 Å². The van der Waals surface area contributed by atoms with Crippen molar-refractivity contribution in [1.29, 1.82) is 0 Å². The number of carbonyl (C=O) groups is 2. The molecule has 2 N–H and O–H groups in total. The van der Waals surface area contributed by atoms with Crippen molar-refractivity contribution in [2.75, 3.05) is 18.4 Å². The third-order valence-corrected chi connectivity index (χ3v) is 7.24. The Kier molecular flexibility index (Phi) is 7.40. The summed E-state index contributed by atoms with van der Waals surface area (Å²) in [6, 6.07) is 11.5. The molecular formula is C22H26FN3O4S. The first kappa shape index (κ1) is 22.9. The third-order valence-electron chi connectivity index (χ3n) is 5.27. The Balaban J connectivity index is 1.56. The zero-order valence-electron chi connectivity index (χ0n) is 17.3. The summed E-state index contributed by atoms with van der Waals surface area (Å²) in [4.78, 5) is 24.2. The van der Waals surface area contributed by atoms with Crippen LogP contribution in [-0.4, -0.2) is 43.7 Å². The molecule has 0 unspecified atom stereocenters. The van der Waals surface area contributed by atoms with Gasteiger partial charge in [0.25, 0.3) is 0 Å². The molecule has 0 aliphatic carbocycles. The molecule has 0 spiro atoms. The standard InChI is InChI=1S/C22H26FN3O4S/c1-16-5-9-18(10-6-16)25-22(28)21(27)24-14-13-19-4-2-3-15-26(19)31(29,30)20-11-7-17(23)8-12-20/h5-12,19H,2-4,13-15H2,1H3,(H,24,27)(H,25,28)/t19-/m0/s1. The third kappa shape index (κ3) is 5.89. The van der Waals surface area contributed by atoms with E-state index < -0.39 is 27.7 Å². The molecule has 1 fully saturated rings. The predicted octanol–water partition coefficient (Wildman–Crippen LogP) is 2.82. The van der Waals surface area contributed by atoms with Gasteiger partial charge in [0.2, 0.25) is 10.0 Å². The minimum atomic E-state index is -3.76. The topological polar surface area (TPSA) is 95.6 Å². The van der Waals surface area contributed by atoms with Crippen LogP contribution in [0, 0.1) is 12.7 Å². The van der Waals surface area contributed by atoms with Crippen molar-refractivity contribution in [1.82, 2.24) is 9.62 Å². The largest absolute Gasteiger partial charge is 0.348 e. The van der Waals surface area contributed by atoms with E-state index in [-0.39, 0.29) is 17.5 Å². The Morgan fingerprint density at radius 2 is 1.71 bits per heavy atom. The van der Waals surface area contributed by atoms with Crippen molar-refractivity contribution in [2.45, 2.75) is 43.5 Å². The van der Waals surface area contributed by atoms with E-state index in [1.54, 1.807) is 12.1 Å². The van der Waals surface area contributed by atoms with Crippen LogP contribution in [0.2, 0.25) is 0 Å². The summed E-state index contributed by atoms with van der Waals surface area (Å²) in [7, 11) is -3.76. The highest BCUT2D eigenvalue weighted by Gasteiger charge is 2.33. The number of carbonyl (C=O) groups excluding carboxylic acids is 2. The van der Waals surface area contributed by atoms with E-state index in [0.717, 1.165) is 30.5 Å². The van der Waals surface area contributed by atoms with Gasteiger partial charge in [0, 0.05) is 24.8 Å². The second-order valence-corrected chi connectivity index (χ2v) is 9.47. The molecule has 0 bridgehead atoms. The lowest BCUT2D eigenvalue weighted by Gasteiger charge is -2.34. The average Bonchev–Trinajstić information content (AvgIpc) is 2.76. The van der Waals surface area contributed by atoms with Gasteiger partial charge in [-0.05, 0) is 62.6 Å². The molecule has 166 valence electrons. The van der Waals surface area contributed by atoms with E-state index in [4.69, 9.17) is 0 Å². The molecule has 1 aliphatic rings. The molecule has 9 heteroatoms.